The molecule has 1 aliphatic heterocycles. The normalized spacial score (nSPS) is 14.5. The van der Waals surface area contributed by atoms with Crippen molar-refractivity contribution < 1.29 is 4.79 Å². The van der Waals surface area contributed by atoms with Crippen LogP contribution in [-0.2, 0) is 4.79 Å². The molecule has 20 heavy (non-hydrogen) atoms. The van der Waals surface area contributed by atoms with Crippen molar-refractivity contribution in [2.24, 2.45) is 0 Å². The van der Waals surface area contributed by atoms with Crippen LogP contribution in [0.25, 0.3) is 0 Å². The first-order chi connectivity index (χ1) is 9.66. The molecule has 1 N–H and O–H groups in total. The molecule has 2 aromatic rings. The van der Waals surface area contributed by atoms with E-state index in [4.69, 9.17) is 0 Å². The van der Waals surface area contributed by atoms with Crippen LogP contribution in [0.2, 0.25) is 0 Å². The van der Waals surface area contributed by atoms with Crippen LogP contribution in [0.1, 0.15) is 12.0 Å². The van der Waals surface area contributed by atoms with Crippen LogP contribution in [0.5, 0.6) is 0 Å². The molecule has 4 heteroatoms. The zero-order valence-electron chi connectivity index (χ0n) is 11.2. The van der Waals surface area contributed by atoms with E-state index >= 15 is 0 Å². The molecule has 2 aromatic carbocycles. The first-order valence-electron chi connectivity index (χ1n) is 6.59. The number of nitrogens with zero attached hydrogens (tertiary/aromatic N) is 1. The third-order valence-electron chi connectivity index (χ3n) is 3.45. The van der Waals surface area contributed by atoms with E-state index in [0.29, 0.717) is 13.0 Å². The second kappa shape index (κ2) is 5.29. The zero-order chi connectivity index (χ0) is 14.1. The molecule has 3 rings (SSSR count). The highest BCUT2D eigenvalue weighted by molar-refractivity contribution is 9.10. The molecular formula is C16H15BrN2O. The minimum atomic E-state index is 0.118. The third kappa shape index (κ3) is 2.31. The van der Waals surface area contributed by atoms with E-state index in [0.717, 1.165) is 27.1 Å². The van der Waals surface area contributed by atoms with Gasteiger partial charge in [0.2, 0.25) is 5.91 Å². The summed E-state index contributed by atoms with van der Waals surface area (Å²) in [5.74, 6) is 0.118. The molecule has 102 valence electrons. The van der Waals surface area contributed by atoms with Gasteiger partial charge in [-0.15, -0.1) is 0 Å². The number of hydrogen-bond acceptors (Lipinski definition) is 2. The summed E-state index contributed by atoms with van der Waals surface area (Å²) in [5.41, 5.74) is 3.93. The van der Waals surface area contributed by atoms with Crippen molar-refractivity contribution in [2.75, 3.05) is 16.8 Å². The predicted octanol–water partition coefficient (Wildman–Crippen LogP) is 4.24. The Morgan fingerprint density at radius 1 is 1.15 bits per heavy atom. The predicted molar refractivity (Wildman–Crippen MR) is 85.6 cm³/mol. The number of carbonyl (C=O) groups is 1. The summed E-state index contributed by atoms with van der Waals surface area (Å²) in [6.45, 7) is 2.69. The molecule has 1 heterocycles. The molecule has 0 bridgehead atoms. The number of anilines is 3. The average molecular weight is 331 g/mol. The molecule has 0 unspecified atom stereocenters. The highest BCUT2D eigenvalue weighted by atomic mass is 79.9. The fraction of sp³-hybridized carbons (Fsp3) is 0.188. The van der Waals surface area contributed by atoms with Crippen LogP contribution < -0.4 is 10.2 Å². The van der Waals surface area contributed by atoms with Gasteiger partial charge in [-0.25, -0.2) is 0 Å². The van der Waals surface area contributed by atoms with Gasteiger partial charge in [0, 0.05) is 17.4 Å². The topological polar surface area (TPSA) is 32.3 Å². The number of nitrogens with one attached hydrogen (secondary N) is 1. The Morgan fingerprint density at radius 3 is 2.75 bits per heavy atom. The second-order valence-electron chi connectivity index (χ2n) is 4.85. The minimum Gasteiger partial charge on any atom is -0.383 e. The Kier molecular flexibility index (Phi) is 3.49. The summed E-state index contributed by atoms with van der Waals surface area (Å²) in [4.78, 5) is 14.3. The number of fused-ring (bicyclic) bond motifs is 1. The number of aryl methyl sites for hydroxylation is 1. The van der Waals surface area contributed by atoms with E-state index in [1.165, 1.54) is 0 Å². The van der Waals surface area contributed by atoms with Crippen LogP contribution in [0.4, 0.5) is 17.1 Å². The van der Waals surface area contributed by atoms with E-state index in [1.54, 1.807) is 0 Å². The highest BCUT2D eigenvalue weighted by Gasteiger charge is 2.24. The van der Waals surface area contributed by atoms with Crippen molar-refractivity contribution in [1.29, 1.82) is 0 Å². The second-order valence-corrected chi connectivity index (χ2v) is 5.77. The van der Waals surface area contributed by atoms with Gasteiger partial charge in [0.25, 0.3) is 0 Å². The highest BCUT2D eigenvalue weighted by Crippen LogP contribution is 2.36. The first-order valence-corrected chi connectivity index (χ1v) is 7.38. The van der Waals surface area contributed by atoms with Crippen LogP contribution >= 0.6 is 15.9 Å². The molecule has 0 saturated carbocycles. The quantitative estimate of drug-likeness (QED) is 0.848. The average Bonchev–Trinajstić information content (AvgIpc) is 2.58. The monoisotopic (exact) mass is 330 g/mol. The largest absolute Gasteiger partial charge is 0.383 e. The summed E-state index contributed by atoms with van der Waals surface area (Å²) in [5, 5.41) is 3.31. The lowest BCUT2D eigenvalue weighted by molar-refractivity contribution is -0.117. The molecular weight excluding hydrogens is 316 g/mol. The Bertz CT molecular complexity index is 669. The summed E-state index contributed by atoms with van der Waals surface area (Å²) >= 11 is 3.47. The van der Waals surface area contributed by atoms with Gasteiger partial charge >= 0.3 is 0 Å². The smallest absolute Gasteiger partial charge is 0.233 e. The van der Waals surface area contributed by atoms with E-state index in [9.17, 15) is 4.79 Å². The summed E-state index contributed by atoms with van der Waals surface area (Å²) < 4.78 is 1.02. The van der Waals surface area contributed by atoms with Crippen molar-refractivity contribution in [1.82, 2.24) is 0 Å². The maximum Gasteiger partial charge on any atom is 0.233 e. The first kappa shape index (κ1) is 13.2. The van der Waals surface area contributed by atoms with Crippen LogP contribution in [-0.4, -0.2) is 12.5 Å². The zero-order valence-corrected chi connectivity index (χ0v) is 12.8. The summed E-state index contributed by atoms with van der Waals surface area (Å²) in [6, 6.07) is 13.9. The Balaban J connectivity index is 2.17. The molecule has 0 spiro atoms. The lowest BCUT2D eigenvalue weighted by Gasteiger charge is -2.24. The summed E-state index contributed by atoms with van der Waals surface area (Å²) in [6.07, 6.45) is 0.490. The standard InChI is InChI=1S/C16H15BrN2O/c1-11-10-12(17)6-7-14(11)19-15-5-3-2-4-13(15)18-9-8-16(19)20/h2-7,10,18H,8-9H2,1H3. The Morgan fingerprint density at radius 2 is 1.95 bits per heavy atom. The number of amides is 1. The maximum atomic E-state index is 12.5. The number of halogens is 1. The van der Waals surface area contributed by atoms with Gasteiger partial charge in [-0.05, 0) is 42.8 Å². The molecule has 0 saturated heterocycles. The van der Waals surface area contributed by atoms with Gasteiger partial charge < -0.3 is 5.32 Å². The fourth-order valence-corrected chi connectivity index (χ4v) is 2.98. The maximum absolute atomic E-state index is 12.5. The fourth-order valence-electron chi connectivity index (χ4n) is 2.50. The van der Waals surface area contributed by atoms with Crippen LogP contribution in [0.3, 0.4) is 0 Å². The third-order valence-corrected chi connectivity index (χ3v) is 3.94. The number of rotatable bonds is 1. The lowest BCUT2D eigenvalue weighted by atomic mass is 10.1. The van der Waals surface area contributed by atoms with Gasteiger partial charge in [0.15, 0.2) is 0 Å². The van der Waals surface area contributed by atoms with E-state index < -0.39 is 0 Å². The Hall–Kier alpha value is -1.81. The molecule has 0 fully saturated rings. The van der Waals surface area contributed by atoms with Crippen LogP contribution in [0, 0.1) is 6.92 Å². The molecule has 1 amide bonds. The minimum absolute atomic E-state index is 0.118. The molecule has 1 aliphatic rings. The number of hydrogen-bond donors (Lipinski definition) is 1. The van der Waals surface area contributed by atoms with E-state index in [2.05, 4.69) is 21.2 Å². The van der Waals surface area contributed by atoms with E-state index in [1.807, 2.05) is 54.3 Å². The molecule has 0 atom stereocenters. The van der Waals surface area contributed by atoms with Crippen molar-refractivity contribution in [3.8, 4) is 0 Å². The lowest BCUT2D eigenvalue weighted by Crippen LogP contribution is -2.25. The van der Waals surface area contributed by atoms with E-state index in [-0.39, 0.29) is 5.91 Å². The number of carbonyl (C=O) groups excluding carboxylic acids is 1. The van der Waals surface area contributed by atoms with Gasteiger partial charge in [-0.3, -0.25) is 9.69 Å². The van der Waals surface area contributed by atoms with Crippen molar-refractivity contribution in [3.05, 3.63) is 52.5 Å². The van der Waals surface area contributed by atoms with Crippen molar-refractivity contribution in [3.63, 3.8) is 0 Å². The SMILES string of the molecule is Cc1cc(Br)ccc1N1C(=O)CCNc2ccccc21. The molecule has 0 aliphatic carbocycles. The summed E-state index contributed by atoms with van der Waals surface area (Å²) in [7, 11) is 0. The molecule has 3 nitrogen and oxygen atoms in total. The number of para-hydroxylation sites is 2. The molecule has 0 aromatic heterocycles. The number of benzene rings is 2. The Labute approximate surface area is 126 Å². The molecule has 0 radical (unpaired) electrons. The van der Waals surface area contributed by atoms with Crippen molar-refractivity contribution >= 4 is 38.9 Å². The van der Waals surface area contributed by atoms with Gasteiger partial charge in [-0.2, -0.15) is 0 Å². The van der Waals surface area contributed by atoms with Gasteiger partial charge in [-0.1, -0.05) is 28.1 Å². The van der Waals surface area contributed by atoms with Crippen molar-refractivity contribution in [2.45, 2.75) is 13.3 Å². The van der Waals surface area contributed by atoms with Crippen LogP contribution in [0.15, 0.2) is 46.9 Å². The van der Waals surface area contributed by atoms with Gasteiger partial charge in [0.05, 0.1) is 17.1 Å². The van der Waals surface area contributed by atoms with Gasteiger partial charge in [0.1, 0.15) is 0 Å².